The topological polar surface area (TPSA) is 52.8 Å². The van der Waals surface area contributed by atoms with Gasteiger partial charge < -0.3 is 14.0 Å². The maximum Gasteiger partial charge on any atom is 0.279 e. The number of aryl methyl sites for hydroxylation is 1. The van der Waals surface area contributed by atoms with Crippen LogP contribution in [0.25, 0.3) is 10.2 Å². The molecule has 0 aliphatic carbocycles. The number of methoxy groups -OCH3 is 2. The molecular formula is C22H26N2O3S. The lowest BCUT2D eigenvalue weighted by atomic mass is 9.87. The number of hydrogen-bond donors (Lipinski definition) is 0. The molecule has 0 spiro atoms. The van der Waals surface area contributed by atoms with Crippen LogP contribution < -0.4 is 14.3 Å². The number of carbonyl (C=O) groups excluding carboxylic acids is 1. The molecule has 6 heteroatoms. The molecule has 5 nitrogen and oxygen atoms in total. The van der Waals surface area contributed by atoms with Crippen LogP contribution in [-0.4, -0.2) is 24.7 Å². The summed E-state index contributed by atoms with van der Waals surface area (Å²) in [5.41, 5.74) is 2.80. The molecule has 2 aromatic carbocycles. The second-order valence-corrected chi connectivity index (χ2v) is 8.56. The Kier molecular flexibility index (Phi) is 5.61. The molecule has 1 amide bonds. The van der Waals surface area contributed by atoms with E-state index in [1.807, 2.05) is 47.9 Å². The quantitative estimate of drug-likeness (QED) is 0.636. The van der Waals surface area contributed by atoms with Crippen molar-refractivity contribution in [2.24, 2.45) is 4.99 Å². The average Bonchev–Trinajstić information content (AvgIpc) is 3.01. The fourth-order valence-electron chi connectivity index (χ4n) is 3.05. The Morgan fingerprint density at radius 2 is 1.68 bits per heavy atom. The van der Waals surface area contributed by atoms with E-state index in [-0.39, 0.29) is 11.3 Å². The van der Waals surface area contributed by atoms with Crippen LogP contribution in [0.5, 0.6) is 11.5 Å². The number of hydrogen-bond acceptors (Lipinski definition) is 4. The molecule has 1 aromatic heterocycles. The summed E-state index contributed by atoms with van der Waals surface area (Å²) in [6.45, 7) is 9.18. The number of benzene rings is 2. The SMILES string of the molecule is CCn1c(=NC(=O)c2ccc(C(C)(C)C)cc2)sc2cc(OC)c(OC)cc21. The van der Waals surface area contributed by atoms with Crippen molar-refractivity contribution >= 4 is 27.5 Å². The molecule has 3 rings (SSSR count). The van der Waals surface area contributed by atoms with Gasteiger partial charge in [0, 0.05) is 24.2 Å². The van der Waals surface area contributed by atoms with Gasteiger partial charge in [0.05, 0.1) is 24.4 Å². The standard InChI is InChI=1S/C22H26N2O3S/c1-7-24-16-12-17(26-5)18(27-6)13-19(16)28-21(24)23-20(25)14-8-10-15(11-9-14)22(2,3)4/h8-13H,7H2,1-6H3. The highest BCUT2D eigenvalue weighted by Crippen LogP contribution is 2.33. The number of thiazole rings is 1. The summed E-state index contributed by atoms with van der Waals surface area (Å²) < 4.78 is 13.8. The van der Waals surface area contributed by atoms with Gasteiger partial charge in [-0.05, 0) is 30.0 Å². The molecule has 0 fully saturated rings. The molecule has 28 heavy (non-hydrogen) atoms. The zero-order valence-corrected chi connectivity index (χ0v) is 18.0. The van der Waals surface area contributed by atoms with Gasteiger partial charge in [-0.1, -0.05) is 44.2 Å². The summed E-state index contributed by atoms with van der Waals surface area (Å²) >= 11 is 1.47. The molecule has 3 aromatic rings. The van der Waals surface area contributed by atoms with E-state index in [1.165, 1.54) is 16.9 Å². The van der Waals surface area contributed by atoms with Crippen molar-refractivity contribution in [2.75, 3.05) is 14.2 Å². The highest BCUT2D eigenvalue weighted by atomic mass is 32.1. The van der Waals surface area contributed by atoms with Crippen molar-refractivity contribution in [1.82, 2.24) is 4.57 Å². The predicted octanol–water partition coefficient (Wildman–Crippen LogP) is 4.78. The molecule has 148 valence electrons. The molecule has 0 aliphatic heterocycles. The van der Waals surface area contributed by atoms with E-state index in [9.17, 15) is 4.79 Å². The second kappa shape index (κ2) is 7.80. The fourth-order valence-corrected chi connectivity index (χ4v) is 4.15. The van der Waals surface area contributed by atoms with Crippen LogP contribution in [-0.2, 0) is 12.0 Å². The van der Waals surface area contributed by atoms with Gasteiger partial charge in [0.1, 0.15) is 0 Å². The van der Waals surface area contributed by atoms with E-state index in [4.69, 9.17) is 9.47 Å². The van der Waals surface area contributed by atoms with Gasteiger partial charge in [0.2, 0.25) is 0 Å². The number of amides is 1. The summed E-state index contributed by atoms with van der Waals surface area (Å²) in [5, 5.41) is 0. The Balaban J connectivity index is 2.06. The number of rotatable bonds is 4. The van der Waals surface area contributed by atoms with Crippen molar-refractivity contribution in [3.8, 4) is 11.5 Å². The molecule has 0 unspecified atom stereocenters. The first-order valence-corrected chi connectivity index (χ1v) is 10.0. The first-order chi connectivity index (χ1) is 13.3. The van der Waals surface area contributed by atoms with E-state index >= 15 is 0 Å². The first-order valence-electron chi connectivity index (χ1n) is 9.23. The smallest absolute Gasteiger partial charge is 0.279 e. The summed E-state index contributed by atoms with van der Waals surface area (Å²) in [4.78, 5) is 17.8. The van der Waals surface area contributed by atoms with Crippen LogP contribution in [0.2, 0.25) is 0 Å². The predicted molar refractivity (Wildman–Crippen MR) is 114 cm³/mol. The molecule has 0 saturated heterocycles. The summed E-state index contributed by atoms with van der Waals surface area (Å²) in [7, 11) is 3.23. The Bertz CT molecular complexity index is 1070. The van der Waals surface area contributed by atoms with Crippen LogP contribution in [0.1, 0.15) is 43.6 Å². The highest BCUT2D eigenvalue weighted by molar-refractivity contribution is 7.16. The molecule has 1 heterocycles. The lowest BCUT2D eigenvalue weighted by molar-refractivity contribution is 0.0998. The van der Waals surface area contributed by atoms with Crippen LogP contribution in [0.4, 0.5) is 0 Å². The normalized spacial score (nSPS) is 12.4. The summed E-state index contributed by atoms with van der Waals surface area (Å²) in [6, 6.07) is 11.5. The third-order valence-electron chi connectivity index (χ3n) is 4.70. The van der Waals surface area contributed by atoms with E-state index < -0.39 is 0 Å². The van der Waals surface area contributed by atoms with Gasteiger partial charge in [0.15, 0.2) is 16.3 Å². The number of fused-ring (bicyclic) bond motifs is 1. The van der Waals surface area contributed by atoms with Crippen LogP contribution >= 0.6 is 11.3 Å². The van der Waals surface area contributed by atoms with Gasteiger partial charge in [-0.2, -0.15) is 4.99 Å². The highest BCUT2D eigenvalue weighted by Gasteiger charge is 2.15. The molecule has 0 saturated carbocycles. The minimum atomic E-state index is -0.242. The lowest BCUT2D eigenvalue weighted by Gasteiger charge is -2.18. The second-order valence-electron chi connectivity index (χ2n) is 7.55. The van der Waals surface area contributed by atoms with Gasteiger partial charge in [0.25, 0.3) is 5.91 Å². The van der Waals surface area contributed by atoms with Crippen molar-refractivity contribution in [3.05, 3.63) is 52.3 Å². The van der Waals surface area contributed by atoms with Gasteiger partial charge in [-0.3, -0.25) is 4.79 Å². The van der Waals surface area contributed by atoms with Crippen LogP contribution in [0, 0.1) is 0 Å². The minimum Gasteiger partial charge on any atom is -0.493 e. The Labute approximate surface area is 169 Å². The van der Waals surface area contributed by atoms with Gasteiger partial charge in [-0.15, -0.1) is 0 Å². The molecule has 0 N–H and O–H groups in total. The molecule has 0 bridgehead atoms. The third kappa shape index (κ3) is 3.83. The molecule has 0 atom stereocenters. The monoisotopic (exact) mass is 398 g/mol. The largest absolute Gasteiger partial charge is 0.493 e. The van der Waals surface area contributed by atoms with Crippen molar-refractivity contribution < 1.29 is 14.3 Å². The zero-order chi connectivity index (χ0) is 20.5. The van der Waals surface area contributed by atoms with Crippen LogP contribution in [0.15, 0.2) is 41.4 Å². The summed E-state index contributed by atoms with van der Waals surface area (Å²) in [6.07, 6.45) is 0. The van der Waals surface area contributed by atoms with Crippen molar-refractivity contribution in [3.63, 3.8) is 0 Å². The molecular weight excluding hydrogens is 372 g/mol. The Hall–Kier alpha value is -2.60. The fraction of sp³-hybridized carbons (Fsp3) is 0.364. The van der Waals surface area contributed by atoms with Gasteiger partial charge in [-0.25, -0.2) is 0 Å². The van der Waals surface area contributed by atoms with E-state index in [0.29, 0.717) is 28.4 Å². The number of carbonyl (C=O) groups is 1. The molecule has 0 radical (unpaired) electrons. The summed E-state index contributed by atoms with van der Waals surface area (Å²) in [5.74, 6) is 1.08. The maximum absolute atomic E-state index is 12.7. The number of aromatic nitrogens is 1. The Morgan fingerprint density at radius 1 is 1.07 bits per heavy atom. The first kappa shape index (κ1) is 20.1. The number of ether oxygens (including phenoxy) is 2. The van der Waals surface area contributed by atoms with Crippen molar-refractivity contribution in [2.45, 2.75) is 39.7 Å². The Morgan fingerprint density at radius 3 is 2.21 bits per heavy atom. The van der Waals surface area contributed by atoms with E-state index in [0.717, 1.165) is 10.2 Å². The lowest BCUT2D eigenvalue weighted by Crippen LogP contribution is -2.16. The van der Waals surface area contributed by atoms with E-state index in [1.54, 1.807) is 14.2 Å². The van der Waals surface area contributed by atoms with Gasteiger partial charge >= 0.3 is 0 Å². The minimum absolute atomic E-state index is 0.0491. The maximum atomic E-state index is 12.7. The third-order valence-corrected chi connectivity index (χ3v) is 5.74. The van der Waals surface area contributed by atoms with E-state index in [2.05, 4.69) is 25.8 Å². The van der Waals surface area contributed by atoms with Crippen LogP contribution in [0.3, 0.4) is 0 Å². The average molecular weight is 399 g/mol. The molecule has 0 aliphatic rings. The van der Waals surface area contributed by atoms with Crippen molar-refractivity contribution in [1.29, 1.82) is 0 Å². The zero-order valence-electron chi connectivity index (χ0n) is 17.2. The number of nitrogens with zero attached hydrogens (tertiary/aromatic N) is 2.